The molecule has 2 aromatic rings. The van der Waals surface area contributed by atoms with Crippen molar-refractivity contribution in [1.29, 1.82) is 0 Å². The Morgan fingerprint density at radius 3 is 2.67 bits per heavy atom. The topological polar surface area (TPSA) is 25.2 Å². The molecule has 1 aromatic carbocycles. The lowest BCUT2D eigenvalue weighted by Gasteiger charge is -2.35. The second-order valence-corrected chi connectivity index (χ2v) is 5.71. The van der Waals surface area contributed by atoms with Crippen molar-refractivity contribution in [2.45, 2.75) is 33.4 Å². The number of carbonyl (C=O) groups is 1. The highest BCUT2D eigenvalue weighted by Crippen LogP contribution is 2.29. The van der Waals surface area contributed by atoms with E-state index >= 15 is 0 Å². The van der Waals surface area contributed by atoms with Crippen LogP contribution in [0.15, 0.2) is 30.3 Å². The van der Waals surface area contributed by atoms with Gasteiger partial charge in [0.25, 0.3) is 5.91 Å². The third-order valence-corrected chi connectivity index (χ3v) is 4.31. The molecule has 1 atom stereocenters. The van der Waals surface area contributed by atoms with E-state index in [4.69, 9.17) is 0 Å². The summed E-state index contributed by atoms with van der Waals surface area (Å²) in [5.41, 5.74) is 3.29. The number of hydrogen-bond acceptors (Lipinski definition) is 1. The summed E-state index contributed by atoms with van der Waals surface area (Å²) < 4.78 is 16.3. The molecule has 0 radical (unpaired) electrons. The molecule has 1 aliphatic rings. The molecule has 3 rings (SSSR count). The molecule has 1 unspecified atom stereocenters. The van der Waals surface area contributed by atoms with Crippen LogP contribution in [0.3, 0.4) is 0 Å². The van der Waals surface area contributed by atoms with Crippen LogP contribution in [0.2, 0.25) is 0 Å². The zero-order valence-electron chi connectivity index (χ0n) is 12.6. The van der Waals surface area contributed by atoms with E-state index in [0.717, 1.165) is 17.8 Å². The van der Waals surface area contributed by atoms with Gasteiger partial charge in [-0.2, -0.15) is 0 Å². The summed E-state index contributed by atoms with van der Waals surface area (Å²) in [7, 11) is 0. The monoisotopic (exact) mass is 286 g/mol. The molecular formula is C17H19FN2O. The number of halogens is 1. The summed E-state index contributed by atoms with van der Waals surface area (Å²) in [5, 5.41) is 0. The van der Waals surface area contributed by atoms with Crippen LogP contribution in [0.5, 0.6) is 0 Å². The van der Waals surface area contributed by atoms with Crippen molar-refractivity contribution >= 4 is 5.91 Å². The number of aromatic nitrogens is 1. The first-order chi connectivity index (χ1) is 9.99. The molecule has 0 aliphatic carbocycles. The predicted molar refractivity (Wildman–Crippen MR) is 79.8 cm³/mol. The van der Waals surface area contributed by atoms with Crippen LogP contribution in [0.1, 0.15) is 40.3 Å². The average Bonchev–Trinajstić information content (AvgIpc) is 2.81. The van der Waals surface area contributed by atoms with Gasteiger partial charge in [-0.15, -0.1) is 0 Å². The molecule has 0 fully saturated rings. The summed E-state index contributed by atoms with van der Waals surface area (Å²) in [6.45, 7) is 7.24. The minimum Gasteiger partial charge on any atom is -0.345 e. The highest BCUT2D eigenvalue weighted by molar-refractivity contribution is 5.94. The number of hydrogen-bond donors (Lipinski definition) is 0. The molecule has 0 saturated carbocycles. The van der Waals surface area contributed by atoms with Crippen LogP contribution >= 0.6 is 0 Å². The molecule has 110 valence electrons. The van der Waals surface area contributed by atoms with Gasteiger partial charge >= 0.3 is 0 Å². The van der Waals surface area contributed by atoms with Crippen LogP contribution in [-0.2, 0) is 6.54 Å². The van der Waals surface area contributed by atoms with Crippen molar-refractivity contribution < 1.29 is 9.18 Å². The molecule has 1 aliphatic heterocycles. The first-order valence-electron chi connectivity index (χ1n) is 7.22. The summed E-state index contributed by atoms with van der Waals surface area (Å²) in [6.07, 6.45) is 0. The first-order valence-corrected chi connectivity index (χ1v) is 7.22. The molecule has 0 N–H and O–H groups in total. The number of aryl methyl sites for hydroxylation is 2. The maximum atomic E-state index is 14.0. The Labute approximate surface area is 124 Å². The molecule has 4 heteroatoms. The minimum absolute atomic E-state index is 0.0411. The first kappa shape index (κ1) is 13.9. The lowest BCUT2D eigenvalue weighted by molar-refractivity contribution is 0.0638. The minimum atomic E-state index is -0.440. The van der Waals surface area contributed by atoms with E-state index in [1.54, 1.807) is 17.0 Å². The standard InChI is InChI=1S/C17H19FN2O/c1-11-4-6-14(15(18)10-11)17(21)20-9-8-19-12(2)5-7-16(19)13(20)3/h4-7,10,13H,8-9H2,1-3H3. The van der Waals surface area contributed by atoms with Crippen LogP contribution in [0.25, 0.3) is 0 Å². The van der Waals surface area contributed by atoms with Gasteiger partial charge < -0.3 is 9.47 Å². The Hall–Kier alpha value is -2.10. The molecule has 1 aromatic heterocycles. The van der Waals surface area contributed by atoms with Gasteiger partial charge in [-0.1, -0.05) is 6.07 Å². The molecule has 1 amide bonds. The number of benzene rings is 1. The van der Waals surface area contributed by atoms with E-state index in [-0.39, 0.29) is 17.5 Å². The zero-order valence-corrected chi connectivity index (χ0v) is 12.6. The fourth-order valence-electron chi connectivity index (χ4n) is 3.05. The second kappa shape index (κ2) is 5.02. The molecule has 0 saturated heterocycles. The van der Waals surface area contributed by atoms with Gasteiger partial charge in [0.05, 0.1) is 11.6 Å². The predicted octanol–water partition coefficient (Wildman–Crippen LogP) is 3.46. The van der Waals surface area contributed by atoms with Crippen molar-refractivity contribution in [3.8, 4) is 0 Å². The van der Waals surface area contributed by atoms with Crippen molar-refractivity contribution in [3.05, 3.63) is 58.7 Å². The van der Waals surface area contributed by atoms with Crippen molar-refractivity contribution in [1.82, 2.24) is 9.47 Å². The fourth-order valence-corrected chi connectivity index (χ4v) is 3.05. The Kier molecular flexibility index (Phi) is 3.32. The molecule has 3 nitrogen and oxygen atoms in total. The lowest BCUT2D eigenvalue weighted by Crippen LogP contribution is -2.41. The van der Waals surface area contributed by atoms with Crippen LogP contribution in [-0.4, -0.2) is 21.9 Å². The summed E-state index contributed by atoms with van der Waals surface area (Å²) in [6, 6.07) is 8.84. The van der Waals surface area contributed by atoms with Crippen molar-refractivity contribution in [2.24, 2.45) is 0 Å². The number of fused-ring (bicyclic) bond motifs is 1. The molecule has 0 spiro atoms. The van der Waals surface area contributed by atoms with Crippen molar-refractivity contribution in [3.63, 3.8) is 0 Å². The Morgan fingerprint density at radius 2 is 1.95 bits per heavy atom. The van der Waals surface area contributed by atoms with E-state index < -0.39 is 5.82 Å². The smallest absolute Gasteiger partial charge is 0.257 e. The second-order valence-electron chi connectivity index (χ2n) is 5.71. The van der Waals surface area contributed by atoms with Crippen LogP contribution < -0.4 is 0 Å². The van der Waals surface area contributed by atoms with Crippen molar-refractivity contribution in [2.75, 3.05) is 6.54 Å². The average molecular weight is 286 g/mol. The van der Waals surface area contributed by atoms with Gasteiger partial charge in [-0.25, -0.2) is 4.39 Å². The summed E-state index contributed by atoms with van der Waals surface area (Å²) in [4.78, 5) is 14.4. The molecular weight excluding hydrogens is 267 g/mol. The van der Waals surface area contributed by atoms with Gasteiger partial charge in [0.2, 0.25) is 0 Å². The van der Waals surface area contributed by atoms with Gasteiger partial charge in [0, 0.05) is 24.5 Å². The van der Waals surface area contributed by atoms with Crippen LogP contribution in [0, 0.1) is 19.7 Å². The lowest BCUT2D eigenvalue weighted by atomic mass is 10.1. The van der Waals surface area contributed by atoms with E-state index in [1.807, 2.05) is 19.9 Å². The van der Waals surface area contributed by atoms with Gasteiger partial charge in [0.1, 0.15) is 5.82 Å². The third-order valence-electron chi connectivity index (χ3n) is 4.31. The van der Waals surface area contributed by atoms with Gasteiger partial charge in [-0.05, 0) is 50.6 Å². The zero-order chi connectivity index (χ0) is 15.1. The van der Waals surface area contributed by atoms with E-state index in [2.05, 4.69) is 17.6 Å². The molecule has 21 heavy (non-hydrogen) atoms. The van der Waals surface area contributed by atoms with E-state index in [1.165, 1.54) is 11.8 Å². The third kappa shape index (κ3) is 2.24. The highest BCUT2D eigenvalue weighted by Gasteiger charge is 2.30. The fraction of sp³-hybridized carbons (Fsp3) is 0.353. The summed E-state index contributed by atoms with van der Waals surface area (Å²) in [5.74, 6) is -0.672. The highest BCUT2D eigenvalue weighted by atomic mass is 19.1. The Morgan fingerprint density at radius 1 is 1.19 bits per heavy atom. The SMILES string of the molecule is Cc1ccc(C(=O)N2CCn3c(C)ccc3C2C)c(F)c1. The van der Waals surface area contributed by atoms with Gasteiger partial charge in [0.15, 0.2) is 0 Å². The summed E-state index contributed by atoms with van der Waals surface area (Å²) >= 11 is 0. The number of amides is 1. The van der Waals surface area contributed by atoms with Crippen LogP contribution in [0.4, 0.5) is 4.39 Å². The molecule has 2 heterocycles. The maximum absolute atomic E-state index is 14.0. The number of carbonyl (C=O) groups excluding carboxylic acids is 1. The maximum Gasteiger partial charge on any atom is 0.257 e. The number of nitrogens with zero attached hydrogens (tertiary/aromatic N) is 2. The number of rotatable bonds is 1. The van der Waals surface area contributed by atoms with E-state index in [9.17, 15) is 9.18 Å². The van der Waals surface area contributed by atoms with E-state index in [0.29, 0.717) is 6.54 Å². The Bertz CT molecular complexity index is 705. The van der Waals surface area contributed by atoms with Gasteiger partial charge in [-0.3, -0.25) is 4.79 Å². The Balaban J connectivity index is 1.93. The quantitative estimate of drug-likeness (QED) is 0.788. The molecule has 0 bridgehead atoms. The normalized spacial score (nSPS) is 17.7. The largest absolute Gasteiger partial charge is 0.345 e.